The van der Waals surface area contributed by atoms with E-state index in [-0.39, 0.29) is 5.75 Å². The van der Waals surface area contributed by atoms with Crippen LogP contribution < -0.4 is 5.32 Å². The summed E-state index contributed by atoms with van der Waals surface area (Å²) in [6.07, 6.45) is 3.97. The lowest BCUT2D eigenvalue weighted by Crippen LogP contribution is -2.11. The summed E-state index contributed by atoms with van der Waals surface area (Å²) in [5, 5.41) is 4.51. The fourth-order valence-electron chi connectivity index (χ4n) is 2.30. The number of aromatic nitrogens is 1. The quantitative estimate of drug-likeness (QED) is 0.851. The third-order valence-electron chi connectivity index (χ3n) is 3.33. The fourth-order valence-corrected chi connectivity index (χ4v) is 2.95. The van der Waals surface area contributed by atoms with Crippen molar-refractivity contribution >= 4 is 20.7 Å². The molecular formula is C15H22N2O2S. The van der Waals surface area contributed by atoms with Gasteiger partial charge in [0.2, 0.25) is 0 Å². The van der Waals surface area contributed by atoms with Crippen LogP contribution in [0.15, 0.2) is 30.5 Å². The van der Waals surface area contributed by atoms with Gasteiger partial charge in [-0.3, -0.25) is 0 Å². The number of fused-ring (bicyclic) bond motifs is 1. The summed E-state index contributed by atoms with van der Waals surface area (Å²) in [6, 6.07) is 8.51. The normalized spacial score (nSPS) is 12.1. The summed E-state index contributed by atoms with van der Waals surface area (Å²) in [4.78, 5) is 0. The van der Waals surface area contributed by atoms with E-state index in [1.807, 2.05) is 6.20 Å². The van der Waals surface area contributed by atoms with E-state index in [0.717, 1.165) is 19.6 Å². The highest BCUT2D eigenvalue weighted by Gasteiger charge is 2.05. The van der Waals surface area contributed by atoms with E-state index in [1.165, 1.54) is 22.7 Å². The molecule has 110 valence electrons. The highest BCUT2D eigenvalue weighted by molar-refractivity contribution is 7.90. The lowest BCUT2D eigenvalue weighted by atomic mass is 10.1. The van der Waals surface area contributed by atoms with Crippen LogP contribution in [0, 0.1) is 0 Å². The minimum Gasteiger partial charge on any atom is -0.347 e. The van der Waals surface area contributed by atoms with Crippen molar-refractivity contribution in [1.29, 1.82) is 0 Å². The molecule has 0 aliphatic rings. The maximum Gasteiger partial charge on any atom is 0.147 e. The van der Waals surface area contributed by atoms with Crippen molar-refractivity contribution in [2.24, 2.45) is 0 Å². The number of sulfone groups is 1. The molecule has 2 rings (SSSR count). The largest absolute Gasteiger partial charge is 0.347 e. The Morgan fingerprint density at radius 2 is 2.05 bits per heavy atom. The van der Waals surface area contributed by atoms with Crippen molar-refractivity contribution in [3.8, 4) is 0 Å². The molecule has 0 saturated carbocycles. The smallest absolute Gasteiger partial charge is 0.147 e. The summed E-state index contributed by atoms with van der Waals surface area (Å²) in [5.41, 5.74) is 2.43. The Kier molecular flexibility index (Phi) is 4.83. The first-order chi connectivity index (χ1) is 9.49. The molecule has 0 unspecified atom stereocenters. The number of nitrogens with zero attached hydrogens (tertiary/aromatic N) is 1. The van der Waals surface area contributed by atoms with E-state index in [9.17, 15) is 8.42 Å². The van der Waals surface area contributed by atoms with E-state index in [0.29, 0.717) is 6.42 Å². The number of hydrogen-bond acceptors (Lipinski definition) is 3. The van der Waals surface area contributed by atoms with E-state index in [1.54, 1.807) is 0 Å². The van der Waals surface area contributed by atoms with Crippen molar-refractivity contribution in [1.82, 2.24) is 9.88 Å². The first kappa shape index (κ1) is 15.1. The zero-order valence-electron chi connectivity index (χ0n) is 12.1. The van der Waals surface area contributed by atoms with Crippen molar-refractivity contribution in [3.05, 3.63) is 36.0 Å². The van der Waals surface area contributed by atoms with Crippen molar-refractivity contribution in [2.75, 3.05) is 18.6 Å². The van der Waals surface area contributed by atoms with Crippen LogP contribution in [0.5, 0.6) is 0 Å². The molecule has 0 amide bonds. The van der Waals surface area contributed by atoms with Gasteiger partial charge in [0.1, 0.15) is 9.84 Å². The van der Waals surface area contributed by atoms with Crippen molar-refractivity contribution < 1.29 is 8.42 Å². The molecule has 0 bridgehead atoms. The van der Waals surface area contributed by atoms with Gasteiger partial charge in [-0.1, -0.05) is 19.1 Å². The highest BCUT2D eigenvalue weighted by Crippen LogP contribution is 2.18. The van der Waals surface area contributed by atoms with Crippen LogP contribution in [0.2, 0.25) is 0 Å². The Morgan fingerprint density at radius 1 is 1.25 bits per heavy atom. The first-order valence-corrected chi connectivity index (χ1v) is 9.02. The third-order valence-corrected chi connectivity index (χ3v) is 4.36. The minimum absolute atomic E-state index is 0.240. The van der Waals surface area contributed by atoms with Crippen molar-refractivity contribution in [2.45, 2.75) is 26.4 Å². The third kappa shape index (κ3) is 4.08. The van der Waals surface area contributed by atoms with Gasteiger partial charge in [-0.15, -0.1) is 0 Å². The SMILES string of the molecule is CCNCc1ccc2ccn(CCCS(C)(=O)=O)c2c1. The predicted molar refractivity (Wildman–Crippen MR) is 83.6 cm³/mol. The van der Waals surface area contributed by atoms with Gasteiger partial charge in [-0.25, -0.2) is 8.42 Å². The highest BCUT2D eigenvalue weighted by atomic mass is 32.2. The maximum atomic E-state index is 11.2. The van der Waals surface area contributed by atoms with Gasteiger partial charge in [0.05, 0.1) is 5.75 Å². The Balaban J connectivity index is 2.12. The summed E-state index contributed by atoms with van der Waals surface area (Å²) >= 11 is 0. The second kappa shape index (κ2) is 6.41. The number of nitrogens with one attached hydrogen (secondary N) is 1. The number of rotatable bonds is 7. The molecular weight excluding hydrogens is 272 g/mol. The lowest BCUT2D eigenvalue weighted by molar-refractivity contribution is 0.593. The zero-order valence-corrected chi connectivity index (χ0v) is 12.9. The van der Waals surface area contributed by atoms with Crippen LogP contribution in [-0.4, -0.2) is 31.5 Å². The van der Waals surface area contributed by atoms with Gasteiger partial charge in [0, 0.05) is 31.1 Å². The van der Waals surface area contributed by atoms with Crippen LogP contribution >= 0.6 is 0 Å². The van der Waals surface area contributed by atoms with E-state index >= 15 is 0 Å². The van der Waals surface area contributed by atoms with Crippen LogP contribution in [0.25, 0.3) is 10.9 Å². The van der Waals surface area contributed by atoms with E-state index in [2.05, 4.69) is 41.1 Å². The molecule has 4 nitrogen and oxygen atoms in total. The van der Waals surface area contributed by atoms with Crippen LogP contribution in [0.4, 0.5) is 0 Å². The number of hydrogen-bond donors (Lipinski definition) is 1. The van der Waals surface area contributed by atoms with Crippen LogP contribution in [0.3, 0.4) is 0 Å². The Hall–Kier alpha value is -1.33. The molecule has 1 aromatic heterocycles. The molecule has 1 aromatic carbocycles. The molecule has 0 fully saturated rings. The molecule has 1 heterocycles. The van der Waals surface area contributed by atoms with Gasteiger partial charge < -0.3 is 9.88 Å². The summed E-state index contributed by atoms with van der Waals surface area (Å²) in [5.74, 6) is 0.240. The predicted octanol–water partition coefficient (Wildman–Crippen LogP) is 2.19. The second-order valence-electron chi connectivity index (χ2n) is 5.17. The average Bonchev–Trinajstić information content (AvgIpc) is 2.78. The van der Waals surface area contributed by atoms with Gasteiger partial charge in [-0.05, 0) is 36.0 Å². The Labute approximate surface area is 120 Å². The molecule has 20 heavy (non-hydrogen) atoms. The molecule has 0 aliphatic heterocycles. The van der Waals surface area contributed by atoms with Crippen LogP contribution in [-0.2, 0) is 22.9 Å². The lowest BCUT2D eigenvalue weighted by Gasteiger charge is -2.07. The van der Waals surface area contributed by atoms with Gasteiger partial charge in [0.15, 0.2) is 0 Å². The molecule has 2 aromatic rings. The monoisotopic (exact) mass is 294 g/mol. The van der Waals surface area contributed by atoms with E-state index < -0.39 is 9.84 Å². The maximum absolute atomic E-state index is 11.2. The van der Waals surface area contributed by atoms with Gasteiger partial charge in [0.25, 0.3) is 0 Å². The molecule has 5 heteroatoms. The molecule has 0 radical (unpaired) electrons. The number of benzene rings is 1. The first-order valence-electron chi connectivity index (χ1n) is 6.96. The topological polar surface area (TPSA) is 51.1 Å². The van der Waals surface area contributed by atoms with Crippen LogP contribution in [0.1, 0.15) is 18.9 Å². The molecule has 0 saturated heterocycles. The fraction of sp³-hybridized carbons (Fsp3) is 0.467. The van der Waals surface area contributed by atoms with Crippen molar-refractivity contribution in [3.63, 3.8) is 0 Å². The Morgan fingerprint density at radius 3 is 2.75 bits per heavy atom. The zero-order chi connectivity index (χ0) is 14.6. The molecule has 1 N–H and O–H groups in total. The molecule has 0 aliphatic carbocycles. The molecule has 0 spiro atoms. The minimum atomic E-state index is -2.87. The van der Waals surface area contributed by atoms with Gasteiger partial charge in [-0.2, -0.15) is 0 Å². The molecule has 0 atom stereocenters. The average molecular weight is 294 g/mol. The number of aryl methyl sites for hydroxylation is 1. The standard InChI is InChI=1S/C15H22N2O2S/c1-3-16-12-13-5-6-14-7-9-17(15(14)11-13)8-4-10-20(2,18)19/h5-7,9,11,16H,3-4,8,10,12H2,1-2H3. The summed E-state index contributed by atoms with van der Waals surface area (Å²) in [6.45, 7) is 4.64. The van der Waals surface area contributed by atoms with Gasteiger partial charge >= 0.3 is 0 Å². The van der Waals surface area contributed by atoms with E-state index in [4.69, 9.17) is 0 Å². The second-order valence-corrected chi connectivity index (χ2v) is 7.43. The Bertz CT molecular complexity index is 674. The summed E-state index contributed by atoms with van der Waals surface area (Å²) in [7, 11) is -2.87. The summed E-state index contributed by atoms with van der Waals surface area (Å²) < 4.78 is 24.5.